The first kappa shape index (κ1) is 15.4. The van der Waals surface area contributed by atoms with E-state index in [0.29, 0.717) is 19.8 Å². The zero-order valence-electron chi connectivity index (χ0n) is 11.8. The van der Waals surface area contributed by atoms with Gasteiger partial charge in [-0.3, -0.25) is 9.69 Å². The molecule has 2 atom stereocenters. The van der Waals surface area contributed by atoms with E-state index in [1.165, 1.54) is 0 Å². The highest BCUT2D eigenvalue weighted by molar-refractivity contribution is 5.71. The quantitative estimate of drug-likeness (QED) is 0.777. The van der Waals surface area contributed by atoms with Crippen molar-refractivity contribution in [3.05, 3.63) is 0 Å². The van der Waals surface area contributed by atoms with Gasteiger partial charge in [-0.05, 0) is 27.3 Å². The van der Waals surface area contributed by atoms with Crippen molar-refractivity contribution in [2.75, 3.05) is 32.9 Å². The molecule has 1 aliphatic heterocycles. The van der Waals surface area contributed by atoms with Gasteiger partial charge in [-0.15, -0.1) is 0 Å². The molecule has 0 aromatic carbocycles. The zero-order valence-corrected chi connectivity index (χ0v) is 11.8. The summed E-state index contributed by atoms with van der Waals surface area (Å²) < 4.78 is 11.0. The monoisotopic (exact) mass is 259 g/mol. The first-order valence-electron chi connectivity index (χ1n) is 6.53. The Morgan fingerprint density at radius 3 is 2.61 bits per heavy atom. The molecule has 1 fully saturated rings. The van der Waals surface area contributed by atoms with Gasteiger partial charge < -0.3 is 14.6 Å². The van der Waals surface area contributed by atoms with Gasteiger partial charge in [0.05, 0.1) is 31.3 Å². The predicted octanol–water partition coefficient (Wildman–Crippen LogP) is 1.22. The number of ether oxygens (including phenoxy) is 2. The molecule has 1 N–H and O–H groups in total. The van der Waals surface area contributed by atoms with E-state index in [9.17, 15) is 4.79 Å². The van der Waals surface area contributed by atoms with Gasteiger partial charge in [-0.25, -0.2) is 0 Å². The number of carboxylic acid groups (broad SMARTS) is 1. The number of hydrogen-bond donors (Lipinski definition) is 1. The summed E-state index contributed by atoms with van der Waals surface area (Å²) in [4.78, 5) is 13.3. The van der Waals surface area contributed by atoms with Crippen LogP contribution in [0.1, 0.15) is 27.7 Å². The minimum absolute atomic E-state index is 0.0314. The molecule has 2 unspecified atom stereocenters. The summed E-state index contributed by atoms with van der Waals surface area (Å²) in [5.41, 5.74) is -0.155. The third kappa shape index (κ3) is 4.55. The van der Waals surface area contributed by atoms with Gasteiger partial charge >= 0.3 is 5.97 Å². The minimum Gasteiger partial charge on any atom is -0.481 e. The Morgan fingerprint density at radius 1 is 1.44 bits per heavy atom. The number of likely N-dealkylation sites (N-methyl/N-ethyl adjacent to an activating group) is 1. The lowest BCUT2D eigenvalue weighted by Crippen LogP contribution is -2.45. The highest BCUT2D eigenvalue weighted by atomic mass is 16.5. The fraction of sp³-hybridized carbons (Fsp3) is 0.923. The third-order valence-electron chi connectivity index (χ3n) is 3.16. The van der Waals surface area contributed by atoms with Crippen LogP contribution in [0.4, 0.5) is 0 Å². The van der Waals surface area contributed by atoms with Gasteiger partial charge in [-0.2, -0.15) is 0 Å². The topological polar surface area (TPSA) is 59.0 Å². The molecule has 0 aromatic heterocycles. The van der Waals surface area contributed by atoms with E-state index in [0.717, 1.165) is 13.1 Å². The number of nitrogens with zero attached hydrogens (tertiary/aromatic N) is 1. The molecule has 5 heteroatoms. The van der Waals surface area contributed by atoms with E-state index < -0.39 is 11.9 Å². The van der Waals surface area contributed by atoms with Crippen LogP contribution >= 0.6 is 0 Å². The highest BCUT2D eigenvalue weighted by Gasteiger charge is 2.37. The van der Waals surface area contributed by atoms with Crippen molar-refractivity contribution < 1.29 is 19.4 Å². The van der Waals surface area contributed by atoms with Crippen LogP contribution < -0.4 is 0 Å². The molecule has 1 aliphatic rings. The summed E-state index contributed by atoms with van der Waals surface area (Å²) >= 11 is 0. The largest absolute Gasteiger partial charge is 0.481 e. The van der Waals surface area contributed by atoms with Crippen LogP contribution in [0, 0.1) is 5.92 Å². The number of rotatable bonds is 6. The van der Waals surface area contributed by atoms with E-state index in [2.05, 4.69) is 4.90 Å². The van der Waals surface area contributed by atoms with E-state index >= 15 is 0 Å². The lowest BCUT2D eigenvalue weighted by atomic mass is 10.0. The maximum atomic E-state index is 11.1. The second-order valence-corrected chi connectivity index (χ2v) is 5.64. The molecule has 0 amide bonds. The molecule has 0 saturated carbocycles. The van der Waals surface area contributed by atoms with E-state index in [4.69, 9.17) is 14.6 Å². The van der Waals surface area contributed by atoms with Crippen LogP contribution in [0.15, 0.2) is 0 Å². The Bertz CT molecular complexity index is 275. The molecule has 1 heterocycles. The first-order chi connectivity index (χ1) is 8.35. The van der Waals surface area contributed by atoms with Crippen LogP contribution in [0.3, 0.4) is 0 Å². The average Bonchev–Trinajstić information content (AvgIpc) is 2.71. The van der Waals surface area contributed by atoms with Gasteiger partial charge in [0.1, 0.15) is 0 Å². The van der Waals surface area contributed by atoms with Gasteiger partial charge in [0, 0.05) is 12.6 Å². The minimum atomic E-state index is -0.771. The van der Waals surface area contributed by atoms with E-state index in [-0.39, 0.29) is 11.6 Å². The van der Waals surface area contributed by atoms with Crippen LogP contribution in [0.2, 0.25) is 0 Å². The molecular formula is C13H25NO4. The van der Waals surface area contributed by atoms with Crippen LogP contribution in [0.5, 0.6) is 0 Å². The second-order valence-electron chi connectivity index (χ2n) is 5.64. The Morgan fingerprint density at radius 2 is 2.11 bits per heavy atom. The van der Waals surface area contributed by atoms with Crippen molar-refractivity contribution in [3.8, 4) is 0 Å². The number of carbonyl (C=O) groups is 1. The number of aliphatic carboxylic acids is 1. The Balaban J connectivity index is 2.47. The fourth-order valence-corrected chi connectivity index (χ4v) is 2.17. The first-order valence-corrected chi connectivity index (χ1v) is 6.53. The summed E-state index contributed by atoms with van der Waals surface area (Å²) in [6, 6.07) is -0.0314. The van der Waals surface area contributed by atoms with Crippen LogP contribution in [-0.4, -0.2) is 60.5 Å². The maximum Gasteiger partial charge on any atom is 0.310 e. The molecule has 1 saturated heterocycles. The van der Waals surface area contributed by atoms with E-state index in [1.807, 2.05) is 27.7 Å². The van der Waals surface area contributed by atoms with Gasteiger partial charge in [-0.1, -0.05) is 6.92 Å². The smallest absolute Gasteiger partial charge is 0.310 e. The SMILES string of the molecule is CCN(CCOC(C)(C)C)C1COCC1C(=O)O. The van der Waals surface area contributed by atoms with Crippen molar-refractivity contribution in [1.29, 1.82) is 0 Å². The summed E-state index contributed by atoms with van der Waals surface area (Å²) in [6.07, 6.45) is 0. The fourth-order valence-electron chi connectivity index (χ4n) is 2.17. The Labute approximate surface area is 109 Å². The molecule has 0 aromatic rings. The van der Waals surface area contributed by atoms with Gasteiger partial charge in [0.2, 0.25) is 0 Å². The summed E-state index contributed by atoms with van der Waals surface area (Å²) in [6.45, 7) is 11.1. The van der Waals surface area contributed by atoms with Crippen molar-refractivity contribution in [2.45, 2.75) is 39.3 Å². The van der Waals surface area contributed by atoms with Gasteiger partial charge in [0.25, 0.3) is 0 Å². The Hall–Kier alpha value is -0.650. The molecule has 106 valence electrons. The van der Waals surface area contributed by atoms with Crippen molar-refractivity contribution in [1.82, 2.24) is 4.90 Å². The van der Waals surface area contributed by atoms with Crippen molar-refractivity contribution in [3.63, 3.8) is 0 Å². The molecule has 1 rings (SSSR count). The molecule has 0 aliphatic carbocycles. The number of hydrogen-bond acceptors (Lipinski definition) is 4. The average molecular weight is 259 g/mol. The molecule has 0 spiro atoms. The van der Waals surface area contributed by atoms with Gasteiger partial charge in [0.15, 0.2) is 0 Å². The lowest BCUT2D eigenvalue weighted by Gasteiger charge is -2.30. The third-order valence-corrected chi connectivity index (χ3v) is 3.16. The standard InChI is InChI=1S/C13H25NO4/c1-5-14(6-7-18-13(2,3)4)11-9-17-8-10(11)12(15)16/h10-11H,5-9H2,1-4H3,(H,15,16). The molecule has 5 nitrogen and oxygen atoms in total. The number of carboxylic acids is 1. The molecule has 0 bridgehead atoms. The zero-order chi connectivity index (χ0) is 13.8. The van der Waals surface area contributed by atoms with Crippen molar-refractivity contribution >= 4 is 5.97 Å². The van der Waals surface area contributed by atoms with Crippen LogP contribution in [0.25, 0.3) is 0 Å². The summed E-state index contributed by atoms with van der Waals surface area (Å²) in [5.74, 6) is -1.19. The maximum absolute atomic E-state index is 11.1. The highest BCUT2D eigenvalue weighted by Crippen LogP contribution is 2.20. The normalized spacial score (nSPS) is 24.7. The predicted molar refractivity (Wildman–Crippen MR) is 68.7 cm³/mol. The lowest BCUT2D eigenvalue weighted by molar-refractivity contribution is -0.143. The second kappa shape index (κ2) is 6.50. The molecule has 0 radical (unpaired) electrons. The Kier molecular flexibility index (Phi) is 5.56. The summed E-state index contributed by atoms with van der Waals surface area (Å²) in [5, 5.41) is 9.14. The van der Waals surface area contributed by atoms with Crippen LogP contribution in [-0.2, 0) is 14.3 Å². The molecular weight excluding hydrogens is 234 g/mol. The summed E-state index contributed by atoms with van der Waals surface area (Å²) in [7, 11) is 0. The molecule has 18 heavy (non-hydrogen) atoms. The van der Waals surface area contributed by atoms with Crippen molar-refractivity contribution in [2.24, 2.45) is 5.92 Å². The van der Waals surface area contributed by atoms with E-state index in [1.54, 1.807) is 0 Å².